The van der Waals surface area contributed by atoms with Gasteiger partial charge in [-0.25, -0.2) is 0 Å². The first-order valence-corrected chi connectivity index (χ1v) is 9.23. The summed E-state index contributed by atoms with van der Waals surface area (Å²) in [6.07, 6.45) is 0. The smallest absolute Gasteiger partial charge is 0.262 e. The molecule has 26 heavy (non-hydrogen) atoms. The minimum absolute atomic E-state index is 0.141. The summed E-state index contributed by atoms with van der Waals surface area (Å²) in [5, 5.41) is 4.75. The van der Waals surface area contributed by atoms with Gasteiger partial charge in [0.1, 0.15) is 5.75 Å². The third-order valence-corrected chi connectivity index (χ3v) is 5.00. The molecule has 0 heterocycles. The van der Waals surface area contributed by atoms with Crippen molar-refractivity contribution in [2.75, 3.05) is 11.9 Å². The van der Waals surface area contributed by atoms with Crippen molar-refractivity contribution >= 4 is 60.1 Å². The molecule has 3 aromatic rings. The number of nitrogens with two attached hydrogens (primary N) is 1. The number of carbonyl (C=O) groups is 2. The van der Waals surface area contributed by atoms with Crippen LogP contribution in [0.3, 0.4) is 0 Å². The molecule has 0 aliphatic heterocycles. The van der Waals surface area contributed by atoms with Crippen LogP contribution in [-0.4, -0.2) is 18.4 Å². The number of anilines is 1. The molecule has 3 rings (SSSR count). The average Bonchev–Trinajstić information content (AvgIpc) is 2.61. The Bertz CT molecular complexity index is 988. The Kier molecular flexibility index (Phi) is 5.58. The molecule has 0 aliphatic rings. The largest absolute Gasteiger partial charge is 0.483 e. The maximum Gasteiger partial charge on any atom is 0.262 e. The zero-order chi connectivity index (χ0) is 18.7. The lowest BCUT2D eigenvalue weighted by Crippen LogP contribution is -2.20. The van der Waals surface area contributed by atoms with Crippen LogP contribution in [0.2, 0.25) is 0 Å². The summed E-state index contributed by atoms with van der Waals surface area (Å²) >= 11 is 6.97. The van der Waals surface area contributed by atoms with Crippen molar-refractivity contribution in [2.45, 2.75) is 0 Å². The Morgan fingerprint density at radius 2 is 1.73 bits per heavy atom. The van der Waals surface area contributed by atoms with E-state index in [9.17, 15) is 9.59 Å². The van der Waals surface area contributed by atoms with Gasteiger partial charge >= 0.3 is 0 Å². The van der Waals surface area contributed by atoms with Gasteiger partial charge in [0.2, 0.25) is 5.91 Å². The first-order valence-electron chi connectivity index (χ1n) is 7.64. The highest BCUT2D eigenvalue weighted by Gasteiger charge is 2.10. The second-order valence-corrected chi connectivity index (χ2v) is 7.23. The molecule has 7 heteroatoms. The summed E-state index contributed by atoms with van der Waals surface area (Å²) < 4.78 is 7.41. The number of nitrogens with one attached hydrogen (secondary N) is 1. The van der Waals surface area contributed by atoms with E-state index in [0.717, 1.165) is 19.7 Å². The Hall–Kier alpha value is -2.38. The molecule has 5 nitrogen and oxygen atoms in total. The molecular formula is C19H14Br2N2O3. The molecule has 3 aromatic carbocycles. The summed E-state index contributed by atoms with van der Waals surface area (Å²) in [7, 11) is 0. The normalized spacial score (nSPS) is 10.5. The number of ether oxygens (including phenoxy) is 1. The fourth-order valence-corrected chi connectivity index (χ4v) is 3.40. The highest BCUT2D eigenvalue weighted by atomic mass is 79.9. The monoisotopic (exact) mass is 476 g/mol. The van der Waals surface area contributed by atoms with E-state index in [1.165, 1.54) is 0 Å². The van der Waals surface area contributed by atoms with E-state index < -0.39 is 5.91 Å². The number of hydrogen-bond acceptors (Lipinski definition) is 3. The average molecular weight is 478 g/mol. The highest BCUT2D eigenvalue weighted by molar-refractivity contribution is 9.11. The lowest BCUT2D eigenvalue weighted by molar-refractivity contribution is -0.118. The molecule has 0 atom stereocenters. The van der Waals surface area contributed by atoms with Gasteiger partial charge in [-0.3, -0.25) is 9.59 Å². The minimum Gasteiger partial charge on any atom is -0.483 e. The summed E-state index contributed by atoms with van der Waals surface area (Å²) in [5.41, 5.74) is 6.13. The molecule has 0 aromatic heterocycles. The van der Waals surface area contributed by atoms with Crippen molar-refractivity contribution in [2.24, 2.45) is 5.73 Å². The maximum atomic E-state index is 12.1. The van der Waals surface area contributed by atoms with Gasteiger partial charge < -0.3 is 15.8 Å². The van der Waals surface area contributed by atoms with Crippen LogP contribution in [0.5, 0.6) is 5.75 Å². The van der Waals surface area contributed by atoms with Crippen LogP contribution >= 0.6 is 31.9 Å². The predicted molar refractivity (Wildman–Crippen MR) is 108 cm³/mol. The molecule has 0 saturated carbocycles. The van der Waals surface area contributed by atoms with Gasteiger partial charge in [0.25, 0.3) is 5.91 Å². The van der Waals surface area contributed by atoms with Crippen LogP contribution in [0.15, 0.2) is 63.5 Å². The van der Waals surface area contributed by atoms with E-state index in [2.05, 4.69) is 37.2 Å². The van der Waals surface area contributed by atoms with Gasteiger partial charge in [-0.2, -0.15) is 0 Å². The van der Waals surface area contributed by atoms with E-state index in [1.807, 2.05) is 30.3 Å². The molecule has 2 amide bonds. The van der Waals surface area contributed by atoms with Crippen molar-refractivity contribution in [3.8, 4) is 5.75 Å². The van der Waals surface area contributed by atoms with Gasteiger partial charge in [0, 0.05) is 15.7 Å². The number of benzene rings is 3. The van der Waals surface area contributed by atoms with Crippen molar-refractivity contribution in [1.82, 2.24) is 0 Å². The number of amides is 2. The Labute approximate surface area is 166 Å². The molecule has 0 unspecified atom stereocenters. The van der Waals surface area contributed by atoms with E-state index in [1.54, 1.807) is 24.3 Å². The van der Waals surface area contributed by atoms with Gasteiger partial charge in [0.05, 0.1) is 4.47 Å². The first-order chi connectivity index (χ1) is 12.4. The summed E-state index contributed by atoms with van der Waals surface area (Å²) in [4.78, 5) is 23.1. The number of hydrogen-bond donors (Lipinski definition) is 2. The topological polar surface area (TPSA) is 81.4 Å². The van der Waals surface area contributed by atoms with Gasteiger partial charge in [-0.05, 0) is 69.2 Å². The number of fused-ring (bicyclic) bond motifs is 1. The van der Waals surface area contributed by atoms with Gasteiger partial charge in [0.15, 0.2) is 6.61 Å². The Morgan fingerprint density at radius 3 is 2.42 bits per heavy atom. The van der Waals surface area contributed by atoms with Crippen molar-refractivity contribution in [3.63, 3.8) is 0 Å². The van der Waals surface area contributed by atoms with Crippen LogP contribution in [0.25, 0.3) is 10.8 Å². The third-order valence-electron chi connectivity index (χ3n) is 3.69. The van der Waals surface area contributed by atoms with Crippen molar-refractivity contribution < 1.29 is 14.3 Å². The van der Waals surface area contributed by atoms with Gasteiger partial charge in [-0.15, -0.1) is 0 Å². The van der Waals surface area contributed by atoms with E-state index in [-0.39, 0.29) is 12.5 Å². The zero-order valence-electron chi connectivity index (χ0n) is 13.5. The highest BCUT2D eigenvalue weighted by Crippen LogP contribution is 2.34. The number of primary amides is 1. The molecular weight excluding hydrogens is 464 g/mol. The van der Waals surface area contributed by atoms with Gasteiger partial charge in [-0.1, -0.05) is 28.1 Å². The fourth-order valence-electron chi connectivity index (χ4n) is 2.41. The van der Waals surface area contributed by atoms with Crippen LogP contribution < -0.4 is 15.8 Å². The minimum atomic E-state index is -0.514. The first kappa shape index (κ1) is 18.4. The molecule has 0 bridgehead atoms. The fraction of sp³-hybridized carbons (Fsp3) is 0.0526. The molecule has 0 saturated heterocycles. The molecule has 0 fully saturated rings. The molecule has 132 valence electrons. The van der Waals surface area contributed by atoms with Crippen LogP contribution in [-0.2, 0) is 4.79 Å². The maximum absolute atomic E-state index is 12.1. The molecule has 0 radical (unpaired) electrons. The number of rotatable bonds is 5. The molecule has 0 aliphatic carbocycles. The summed E-state index contributed by atoms with van der Waals surface area (Å²) in [6.45, 7) is -0.141. The van der Waals surface area contributed by atoms with E-state index >= 15 is 0 Å². The van der Waals surface area contributed by atoms with E-state index in [4.69, 9.17) is 10.5 Å². The third kappa shape index (κ3) is 4.23. The lowest BCUT2D eigenvalue weighted by Gasteiger charge is -2.11. The predicted octanol–water partition coefficient (Wildman–Crippen LogP) is 4.48. The number of carbonyl (C=O) groups excluding carboxylic acids is 2. The lowest BCUT2D eigenvalue weighted by atomic mass is 10.1. The SMILES string of the molecule is NC(=O)c1ccc(NC(=O)COc2ccc3cc(Br)ccc3c2Br)cc1. The van der Waals surface area contributed by atoms with Crippen LogP contribution in [0.1, 0.15) is 10.4 Å². The van der Waals surface area contributed by atoms with Crippen molar-refractivity contribution in [3.05, 3.63) is 69.1 Å². The Balaban J connectivity index is 1.65. The second-order valence-electron chi connectivity index (χ2n) is 5.52. The Morgan fingerprint density at radius 1 is 1.00 bits per heavy atom. The zero-order valence-corrected chi connectivity index (χ0v) is 16.6. The molecule has 3 N–H and O–H groups in total. The van der Waals surface area contributed by atoms with Crippen LogP contribution in [0.4, 0.5) is 5.69 Å². The summed E-state index contributed by atoms with van der Waals surface area (Å²) in [6, 6.07) is 16.0. The standard InChI is InChI=1S/C19H14Br2N2O3/c20-13-4-7-15-12(9-13)3-8-16(18(15)21)26-10-17(24)23-14-5-1-11(2-6-14)19(22)25/h1-9H,10H2,(H2,22,25)(H,23,24). The van der Waals surface area contributed by atoms with E-state index in [0.29, 0.717) is 17.0 Å². The quantitative estimate of drug-likeness (QED) is 0.568. The summed E-state index contributed by atoms with van der Waals surface area (Å²) in [5.74, 6) is -0.238. The number of halogens is 2. The van der Waals surface area contributed by atoms with Crippen LogP contribution in [0, 0.1) is 0 Å². The molecule has 0 spiro atoms. The second kappa shape index (κ2) is 7.88. The van der Waals surface area contributed by atoms with Crippen molar-refractivity contribution in [1.29, 1.82) is 0 Å².